The molecular weight excluding hydrogens is 268 g/mol. The van der Waals surface area contributed by atoms with Gasteiger partial charge in [-0.05, 0) is 35.2 Å². The lowest BCUT2D eigenvalue weighted by atomic mass is 10.0. The van der Waals surface area contributed by atoms with E-state index in [1.165, 1.54) is 23.1 Å². The number of fused-ring (bicyclic) bond motifs is 1. The molecule has 0 radical (unpaired) electrons. The van der Waals surface area contributed by atoms with Gasteiger partial charge in [-0.15, -0.1) is 0 Å². The summed E-state index contributed by atoms with van der Waals surface area (Å²) in [6.07, 6.45) is 2.33. The van der Waals surface area contributed by atoms with Crippen LogP contribution in [-0.4, -0.2) is 5.11 Å². The quantitative estimate of drug-likeness (QED) is 0.514. The van der Waals surface area contributed by atoms with Crippen LogP contribution in [0.2, 0.25) is 0 Å². The first kappa shape index (κ1) is 14.4. The molecule has 0 aliphatic heterocycles. The van der Waals surface area contributed by atoms with Crippen molar-refractivity contribution < 1.29 is 5.11 Å². The lowest BCUT2D eigenvalue weighted by Crippen LogP contribution is -1.82. The maximum atomic E-state index is 9.29. The van der Waals surface area contributed by atoms with Crippen LogP contribution in [0.25, 0.3) is 22.3 Å². The average Bonchev–Trinajstić information content (AvgIpc) is 3.00. The van der Waals surface area contributed by atoms with Gasteiger partial charge in [0.25, 0.3) is 0 Å². The zero-order valence-corrected chi connectivity index (χ0v) is 12.8. The molecule has 0 saturated heterocycles. The van der Waals surface area contributed by atoms with Gasteiger partial charge >= 0.3 is 0 Å². The van der Waals surface area contributed by atoms with Crippen molar-refractivity contribution in [2.45, 2.75) is 19.8 Å². The molecule has 2 aromatic carbocycles. The number of rotatable bonds is 3. The van der Waals surface area contributed by atoms with Crippen molar-refractivity contribution in [3.05, 3.63) is 78.4 Å². The van der Waals surface area contributed by atoms with E-state index in [1.54, 1.807) is 0 Å². The minimum absolute atomic E-state index is 0.478. The van der Waals surface area contributed by atoms with Crippen LogP contribution in [0.3, 0.4) is 0 Å². The third-order valence-corrected chi connectivity index (χ3v) is 3.83. The fourth-order valence-electron chi connectivity index (χ4n) is 2.56. The van der Waals surface area contributed by atoms with Gasteiger partial charge in [0.05, 0.1) is 0 Å². The van der Waals surface area contributed by atoms with Crippen molar-refractivity contribution in [3.63, 3.8) is 0 Å². The van der Waals surface area contributed by atoms with Crippen LogP contribution in [0.4, 0.5) is 0 Å². The topological polar surface area (TPSA) is 20.2 Å². The normalized spacial score (nSPS) is 10.6. The van der Waals surface area contributed by atoms with E-state index in [0.29, 0.717) is 5.75 Å². The Morgan fingerprint density at radius 2 is 1.23 bits per heavy atom. The smallest absolute Gasteiger partial charge is 0.131 e. The van der Waals surface area contributed by atoms with Gasteiger partial charge < -0.3 is 5.11 Å². The van der Waals surface area contributed by atoms with Crippen molar-refractivity contribution >= 4 is 0 Å². The second-order valence-electron chi connectivity index (χ2n) is 5.52. The molecule has 0 aromatic heterocycles. The summed E-state index contributed by atoms with van der Waals surface area (Å²) in [7, 11) is 0. The number of hydrogen-bond acceptors (Lipinski definition) is 1. The summed E-state index contributed by atoms with van der Waals surface area (Å²) in [5.41, 5.74) is 5.88. The van der Waals surface area contributed by atoms with Gasteiger partial charge in [0.15, 0.2) is 0 Å². The Hall–Kier alpha value is -2.54. The van der Waals surface area contributed by atoms with Gasteiger partial charge in [-0.25, -0.2) is 0 Å². The Kier molecular flexibility index (Phi) is 4.24. The third kappa shape index (κ3) is 3.20. The zero-order valence-electron chi connectivity index (χ0n) is 12.8. The van der Waals surface area contributed by atoms with Crippen molar-refractivity contribution in [3.8, 4) is 28.0 Å². The summed E-state index contributed by atoms with van der Waals surface area (Å²) in [6.45, 7) is 2.20. The second kappa shape index (κ2) is 6.48. The average molecular weight is 288 g/mol. The monoisotopic (exact) mass is 288 g/mol. The van der Waals surface area contributed by atoms with E-state index in [0.717, 1.165) is 17.5 Å². The molecule has 0 saturated carbocycles. The van der Waals surface area contributed by atoms with Crippen LogP contribution in [0.15, 0.2) is 72.8 Å². The SMILES string of the molecule is CCCc1ccc(-c2cc3c(O)c-3c2)cc1.c1ccccc1. The summed E-state index contributed by atoms with van der Waals surface area (Å²) >= 11 is 0. The number of benzene rings is 3. The molecule has 110 valence electrons. The van der Waals surface area contributed by atoms with Gasteiger partial charge in [-0.3, -0.25) is 0 Å². The summed E-state index contributed by atoms with van der Waals surface area (Å²) in [6, 6.07) is 24.8. The fraction of sp³-hybridized carbons (Fsp3) is 0.143. The van der Waals surface area contributed by atoms with Gasteiger partial charge in [0.1, 0.15) is 5.75 Å². The van der Waals surface area contributed by atoms with Crippen LogP contribution in [0, 0.1) is 0 Å². The van der Waals surface area contributed by atoms with Crippen LogP contribution in [-0.2, 0) is 6.42 Å². The molecule has 1 heteroatoms. The van der Waals surface area contributed by atoms with E-state index in [4.69, 9.17) is 0 Å². The third-order valence-electron chi connectivity index (χ3n) is 3.83. The molecule has 22 heavy (non-hydrogen) atoms. The van der Waals surface area contributed by atoms with E-state index < -0.39 is 0 Å². The second-order valence-corrected chi connectivity index (χ2v) is 5.52. The molecule has 0 spiro atoms. The first-order valence-corrected chi connectivity index (χ1v) is 7.76. The molecule has 0 amide bonds. The van der Waals surface area contributed by atoms with Gasteiger partial charge in [0, 0.05) is 11.1 Å². The molecule has 4 rings (SSSR count). The van der Waals surface area contributed by atoms with Crippen LogP contribution in [0.1, 0.15) is 18.9 Å². The molecule has 2 aromatic rings. The maximum absolute atomic E-state index is 9.29. The lowest BCUT2D eigenvalue weighted by molar-refractivity contribution is 0.495. The molecule has 1 nitrogen and oxygen atoms in total. The van der Waals surface area contributed by atoms with Crippen LogP contribution in [0.5, 0.6) is 5.75 Å². The van der Waals surface area contributed by atoms with E-state index in [-0.39, 0.29) is 0 Å². The van der Waals surface area contributed by atoms with Crippen molar-refractivity contribution in [1.82, 2.24) is 0 Å². The maximum Gasteiger partial charge on any atom is 0.131 e. The summed E-state index contributed by atoms with van der Waals surface area (Å²) in [5, 5.41) is 9.29. The first-order valence-electron chi connectivity index (χ1n) is 7.76. The largest absolute Gasteiger partial charge is 0.507 e. The molecule has 0 bridgehead atoms. The standard InChI is InChI=1S/C15H14O.C6H6/c1-2-3-10-4-6-11(7-5-10)12-8-13-14(9-12)15(13)16;1-2-4-6-5-3-1/h4-9,16H,2-3H2,1H3;1-6H. The predicted molar refractivity (Wildman–Crippen MR) is 93.0 cm³/mol. The van der Waals surface area contributed by atoms with Crippen LogP contribution < -0.4 is 0 Å². The van der Waals surface area contributed by atoms with E-state index in [9.17, 15) is 5.11 Å². The Morgan fingerprint density at radius 3 is 1.68 bits per heavy atom. The zero-order chi connectivity index (χ0) is 15.4. The lowest BCUT2D eigenvalue weighted by Gasteiger charge is -2.01. The Labute approximate surface area is 131 Å². The highest BCUT2D eigenvalue weighted by Crippen LogP contribution is 2.53. The molecule has 1 N–H and O–H groups in total. The van der Waals surface area contributed by atoms with E-state index >= 15 is 0 Å². The fourth-order valence-corrected chi connectivity index (χ4v) is 2.56. The highest BCUT2D eigenvalue weighted by Gasteiger charge is 2.25. The predicted octanol–water partition coefficient (Wildman–Crippen LogP) is 5.68. The summed E-state index contributed by atoms with van der Waals surface area (Å²) in [5.74, 6) is 0.478. The highest BCUT2D eigenvalue weighted by atomic mass is 16.3. The molecular formula is C21H20O. The molecule has 2 aliphatic rings. The number of aromatic hydroxyl groups is 1. The molecule has 2 aliphatic carbocycles. The number of aryl methyl sites for hydroxylation is 1. The van der Waals surface area contributed by atoms with Gasteiger partial charge in [-0.1, -0.05) is 74.0 Å². The first-order chi connectivity index (χ1) is 10.8. The van der Waals surface area contributed by atoms with Crippen LogP contribution >= 0.6 is 0 Å². The number of phenolic OH excluding ortho intramolecular Hbond substituents is 1. The molecule has 0 fully saturated rings. The molecule has 0 unspecified atom stereocenters. The Bertz CT molecular complexity index is 693. The van der Waals surface area contributed by atoms with Gasteiger partial charge in [0.2, 0.25) is 0 Å². The molecule has 0 heterocycles. The molecule has 0 atom stereocenters. The minimum atomic E-state index is 0.478. The van der Waals surface area contributed by atoms with Gasteiger partial charge in [-0.2, -0.15) is 0 Å². The van der Waals surface area contributed by atoms with Crippen molar-refractivity contribution in [1.29, 1.82) is 0 Å². The van der Waals surface area contributed by atoms with Crippen molar-refractivity contribution in [2.24, 2.45) is 0 Å². The Balaban J connectivity index is 0.000000202. The number of phenols is 1. The summed E-state index contributed by atoms with van der Waals surface area (Å²) < 4.78 is 0. The van der Waals surface area contributed by atoms with E-state index in [1.807, 2.05) is 36.4 Å². The Morgan fingerprint density at radius 1 is 0.727 bits per heavy atom. The number of hydrogen-bond donors (Lipinski definition) is 1. The van der Waals surface area contributed by atoms with E-state index in [2.05, 4.69) is 43.3 Å². The highest BCUT2D eigenvalue weighted by molar-refractivity contribution is 5.99. The van der Waals surface area contributed by atoms with Crippen molar-refractivity contribution in [2.75, 3.05) is 0 Å². The minimum Gasteiger partial charge on any atom is -0.507 e. The summed E-state index contributed by atoms with van der Waals surface area (Å²) in [4.78, 5) is 0.